The molecule has 5 rings (SSSR count). The zero-order chi connectivity index (χ0) is 13.9. The summed E-state index contributed by atoms with van der Waals surface area (Å²) in [6.45, 7) is 0.489. The Hall–Kier alpha value is -1.10. The van der Waals surface area contributed by atoms with E-state index in [1.54, 1.807) is 0 Å². The monoisotopic (exact) mass is 275 g/mol. The zero-order valence-electron chi connectivity index (χ0n) is 12.5. The number of hydrogen-bond acceptors (Lipinski definition) is 4. The van der Waals surface area contributed by atoms with E-state index < -0.39 is 0 Å². The van der Waals surface area contributed by atoms with E-state index in [-0.39, 0.29) is 5.54 Å². The number of nitrogens with two attached hydrogens (primary N) is 1. The molecule has 0 unspecified atom stereocenters. The largest absolute Gasteiger partial charge is 0.347 e. The molecule has 4 aliphatic carbocycles. The van der Waals surface area contributed by atoms with Gasteiger partial charge in [-0.15, -0.1) is 10.2 Å². The molecule has 5 nitrogen and oxygen atoms in total. The summed E-state index contributed by atoms with van der Waals surface area (Å²) in [5, 5.41) is 8.76. The minimum absolute atomic E-state index is 0.257. The lowest BCUT2D eigenvalue weighted by Crippen LogP contribution is -2.52. The van der Waals surface area contributed by atoms with E-state index in [4.69, 9.17) is 5.73 Å². The van der Waals surface area contributed by atoms with E-state index in [9.17, 15) is 0 Å². The Morgan fingerprint density at radius 3 is 2.10 bits per heavy atom. The quantitative estimate of drug-likeness (QED) is 0.912. The minimum atomic E-state index is 0.257. The minimum Gasteiger partial charge on any atom is -0.347 e. The van der Waals surface area contributed by atoms with E-state index in [0.29, 0.717) is 6.54 Å². The number of aromatic nitrogens is 3. The van der Waals surface area contributed by atoms with Gasteiger partial charge in [0.25, 0.3) is 0 Å². The molecular weight excluding hydrogens is 250 g/mol. The molecule has 1 aromatic rings. The van der Waals surface area contributed by atoms with Gasteiger partial charge in [-0.1, -0.05) is 0 Å². The summed E-state index contributed by atoms with van der Waals surface area (Å²) < 4.78 is 2.41. The molecule has 4 saturated carbocycles. The Bertz CT molecular complexity index is 483. The van der Waals surface area contributed by atoms with Gasteiger partial charge in [0.2, 0.25) is 5.95 Å². The van der Waals surface area contributed by atoms with Crippen molar-refractivity contribution in [2.75, 3.05) is 19.0 Å². The Balaban J connectivity index is 1.82. The van der Waals surface area contributed by atoms with Crippen LogP contribution in [0.25, 0.3) is 0 Å². The van der Waals surface area contributed by atoms with Crippen molar-refractivity contribution in [3.05, 3.63) is 5.82 Å². The van der Waals surface area contributed by atoms with Gasteiger partial charge in [-0.3, -0.25) is 4.57 Å². The van der Waals surface area contributed by atoms with E-state index >= 15 is 0 Å². The molecule has 4 bridgehead atoms. The molecule has 0 saturated heterocycles. The van der Waals surface area contributed by atoms with Crippen molar-refractivity contribution < 1.29 is 0 Å². The average Bonchev–Trinajstić information content (AvgIpc) is 2.81. The average molecular weight is 275 g/mol. The fourth-order valence-electron chi connectivity index (χ4n) is 5.55. The van der Waals surface area contributed by atoms with Gasteiger partial charge in [0.1, 0.15) is 5.82 Å². The molecule has 2 N–H and O–H groups in total. The van der Waals surface area contributed by atoms with Gasteiger partial charge in [-0.2, -0.15) is 0 Å². The molecule has 1 aromatic heterocycles. The highest BCUT2D eigenvalue weighted by atomic mass is 15.4. The summed E-state index contributed by atoms with van der Waals surface area (Å²) in [5.74, 6) is 4.72. The summed E-state index contributed by atoms with van der Waals surface area (Å²) in [4.78, 5) is 2.09. The number of hydrogen-bond donors (Lipinski definition) is 1. The lowest BCUT2D eigenvalue weighted by Gasteiger charge is -2.57. The van der Waals surface area contributed by atoms with Crippen LogP contribution in [0.15, 0.2) is 0 Å². The fraction of sp³-hybridized carbons (Fsp3) is 0.867. The van der Waals surface area contributed by atoms with Gasteiger partial charge in [-0.25, -0.2) is 0 Å². The topological polar surface area (TPSA) is 60.0 Å². The molecule has 1 heterocycles. The summed E-state index contributed by atoms with van der Waals surface area (Å²) in [5.41, 5.74) is 6.20. The molecule has 0 aliphatic heterocycles. The first kappa shape index (κ1) is 12.6. The smallest absolute Gasteiger partial charge is 0.227 e. The maximum Gasteiger partial charge on any atom is 0.227 e. The normalized spacial score (nSPS) is 38.5. The highest BCUT2D eigenvalue weighted by Crippen LogP contribution is 2.59. The van der Waals surface area contributed by atoms with Crippen LogP contribution in [0.3, 0.4) is 0 Å². The summed E-state index contributed by atoms with van der Waals surface area (Å²) >= 11 is 0. The second-order valence-corrected chi connectivity index (χ2v) is 7.49. The second-order valence-electron chi connectivity index (χ2n) is 7.49. The van der Waals surface area contributed by atoms with Crippen molar-refractivity contribution in [2.24, 2.45) is 23.5 Å². The summed E-state index contributed by atoms with van der Waals surface area (Å²) in [6.07, 6.45) is 8.30. The van der Waals surface area contributed by atoms with Crippen molar-refractivity contribution in [3.8, 4) is 0 Å². The summed E-state index contributed by atoms with van der Waals surface area (Å²) in [6, 6.07) is 0. The van der Waals surface area contributed by atoms with Crippen molar-refractivity contribution >= 4 is 5.95 Å². The first-order valence-corrected chi connectivity index (χ1v) is 7.93. The van der Waals surface area contributed by atoms with Gasteiger partial charge in [0.15, 0.2) is 0 Å². The molecule has 5 heteroatoms. The Kier molecular flexibility index (Phi) is 2.65. The maximum atomic E-state index is 5.94. The SMILES string of the molecule is CN(C)c1nnc(CN)n1C12CC3CC(CC(C3)C1)C2. The Morgan fingerprint density at radius 2 is 1.65 bits per heavy atom. The highest BCUT2D eigenvalue weighted by Gasteiger charge is 2.53. The van der Waals surface area contributed by atoms with Gasteiger partial charge in [0.05, 0.1) is 12.1 Å². The molecular formula is C15H25N5. The van der Waals surface area contributed by atoms with Crippen molar-refractivity contribution in [1.82, 2.24) is 14.8 Å². The van der Waals surface area contributed by atoms with Crippen LogP contribution < -0.4 is 10.6 Å². The van der Waals surface area contributed by atoms with E-state index in [0.717, 1.165) is 29.5 Å². The molecule has 0 amide bonds. The van der Waals surface area contributed by atoms with Crippen LogP contribution in [0.2, 0.25) is 0 Å². The van der Waals surface area contributed by atoms with Gasteiger partial charge < -0.3 is 10.6 Å². The lowest BCUT2D eigenvalue weighted by atomic mass is 9.53. The van der Waals surface area contributed by atoms with Gasteiger partial charge in [-0.05, 0) is 56.3 Å². The third-order valence-electron chi connectivity index (χ3n) is 5.78. The van der Waals surface area contributed by atoms with Gasteiger partial charge >= 0.3 is 0 Å². The number of anilines is 1. The number of nitrogens with zero attached hydrogens (tertiary/aromatic N) is 4. The molecule has 0 atom stereocenters. The number of rotatable bonds is 3. The Labute approximate surface area is 120 Å². The van der Waals surface area contributed by atoms with Crippen molar-refractivity contribution in [2.45, 2.75) is 50.6 Å². The van der Waals surface area contributed by atoms with E-state index in [2.05, 4.69) is 33.8 Å². The first-order chi connectivity index (χ1) is 9.61. The predicted octanol–water partition coefficient (Wildman–Crippen LogP) is 1.73. The van der Waals surface area contributed by atoms with Crippen molar-refractivity contribution in [3.63, 3.8) is 0 Å². The molecule has 4 fully saturated rings. The van der Waals surface area contributed by atoms with E-state index in [1.165, 1.54) is 38.5 Å². The Morgan fingerprint density at radius 1 is 1.10 bits per heavy atom. The fourth-order valence-corrected chi connectivity index (χ4v) is 5.55. The third-order valence-corrected chi connectivity index (χ3v) is 5.78. The molecule has 0 spiro atoms. The first-order valence-electron chi connectivity index (χ1n) is 7.93. The maximum absolute atomic E-state index is 5.94. The van der Waals surface area contributed by atoms with Crippen LogP contribution in [0.4, 0.5) is 5.95 Å². The predicted molar refractivity (Wildman–Crippen MR) is 78.4 cm³/mol. The van der Waals surface area contributed by atoms with Crippen LogP contribution in [0.1, 0.15) is 44.3 Å². The molecule has 0 aromatic carbocycles. The van der Waals surface area contributed by atoms with Crippen molar-refractivity contribution in [1.29, 1.82) is 0 Å². The standard InChI is InChI=1S/C15H25N5/c1-19(2)14-18-17-13(9-16)20(14)15-6-10-3-11(7-15)5-12(4-10)8-15/h10-12H,3-9,16H2,1-2H3. The highest BCUT2D eigenvalue weighted by molar-refractivity contribution is 5.31. The van der Waals surface area contributed by atoms with Crippen LogP contribution in [0, 0.1) is 17.8 Å². The third kappa shape index (κ3) is 1.65. The second kappa shape index (κ2) is 4.20. The lowest BCUT2D eigenvalue weighted by molar-refractivity contribution is -0.0437. The van der Waals surface area contributed by atoms with E-state index in [1.807, 2.05) is 0 Å². The molecule has 20 heavy (non-hydrogen) atoms. The molecule has 110 valence electrons. The van der Waals surface area contributed by atoms with Crippen LogP contribution in [0.5, 0.6) is 0 Å². The molecule has 0 radical (unpaired) electrons. The summed E-state index contributed by atoms with van der Waals surface area (Å²) in [7, 11) is 4.11. The van der Waals surface area contributed by atoms with Crippen LogP contribution in [-0.2, 0) is 12.1 Å². The molecule has 4 aliphatic rings. The van der Waals surface area contributed by atoms with Gasteiger partial charge in [0, 0.05) is 14.1 Å². The van der Waals surface area contributed by atoms with Crippen LogP contribution in [-0.4, -0.2) is 28.9 Å². The van der Waals surface area contributed by atoms with Crippen LogP contribution >= 0.6 is 0 Å². The zero-order valence-corrected chi connectivity index (χ0v) is 12.5.